The second-order valence-electron chi connectivity index (χ2n) is 4.22. The van der Waals surface area contributed by atoms with Crippen LogP contribution >= 0.6 is 11.6 Å². The van der Waals surface area contributed by atoms with Crippen molar-refractivity contribution in [2.24, 2.45) is 0 Å². The van der Waals surface area contributed by atoms with E-state index in [1.165, 1.54) is 0 Å². The van der Waals surface area contributed by atoms with Crippen LogP contribution in [-0.4, -0.2) is 22.0 Å². The van der Waals surface area contributed by atoms with Gasteiger partial charge >= 0.3 is 0 Å². The molecule has 0 atom stereocenters. The number of pyridine rings is 1. The summed E-state index contributed by atoms with van der Waals surface area (Å²) in [4.78, 5) is 14.9. The lowest BCUT2D eigenvalue weighted by atomic mass is 10.3. The first-order valence-corrected chi connectivity index (χ1v) is 6.07. The maximum Gasteiger partial charge on any atom is 0.134 e. The fourth-order valence-electron chi connectivity index (χ4n) is 1.72. The second-order valence-corrected chi connectivity index (χ2v) is 4.61. The molecule has 0 bridgehead atoms. The molecule has 0 amide bonds. The third-order valence-corrected chi connectivity index (χ3v) is 2.72. The van der Waals surface area contributed by atoms with E-state index >= 15 is 0 Å². The molecule has 0 aliphatic heterocycles. The van der Waals surface area contributed by atoms with E-state index in [0.29, 0.717) is 17.5 Å². The van der Waals surface area contributed by atoms with Crippen molar-refractivity contribution in [2.75, 3.05) is 11.9 Å². The van der Waals surface area contributed by atoms with Gasteiger partial charge in [-0.25, -0.2) is 9.97 Å². The Labute approximate surface area is 112 Å². The highest BCUT2D eigenvalue weighted by atomic mass is 35.5. The molecule has 0 aliphatic rings. The molecule has 2 rings (SSSR count). The lowest BCUT2D eigenvalue weighted by Crippen LogP contribution is -2.19. The summed E-state index contributed by atoms with van der Waals surface area (Å²) in [5.41, 5.74) is 2.02. The summed E-state index contributed by atoms with van der Waals surface area (Å²) in [5, 5.41) is 0.460. The molecular formula is C13H15ClN4. The minimum atomic E-state index is 0.460. The van der Waals surface area contributed by atoms with Gasteiger partial charge in [0.15, 0.2) is 0 Å². The van der Waals surface area contributed by atoms with Crippen LogP contribution in [0.3, 0.4) is 0 Å². The van der Waals surface area contributed by atoms with Crippen LogP contribution in [0.15, 0.2) is 24.3 Å². The molecule has 0 aliphatic carbocycles. The lowest BCUT2D eigenvalue weighted by Gasteiger charge is -2.18. The number of anilines is 1. The van der Waals surface area contributed by atoms with E-state index in [2.05, 4.69) is 15.0 Å². The van der Waals surface area contributed by atoms with Gasteiger partial charge in [0.05, 0.1) is 12.2 Å². The number of aromatic nitrogens is 3. The number of nitrogens with zero attached hydrogens (tertiary/aromatic N) is 4. The van der Waals surface area contributed by atoms with Gasteiger partial charge in [0.2, 0.25) is 0 Å². The van der Waals surface area contributed by atoms with E-state index in [9.17, 15) is 0 Å². The Hall–Kier alpha value is -1.68. The molecule has 5 heteroatoms. The van der Waals surface area contributed by atoms with Gasteiger partial charge in [-0.15, -0.1) is 0 Å². The number of hydrogen-bond donors (Lipinski definition) is 0. The Kier molecular flexibility index (Phi) is 3.77. The van der Waals surface area contributed by atoms with Crippen molar-refractivity contribution in [2.45, 2.75) is 20.4 Å². The predicted molar refractivity (Wildman–Crippen MR) is 72.9 cm³/mol. The van der Waals surface area contributed by atoms with Gasteiger partial charge in [-0.1, -0.05) is 17.7 Å². The van der Waals surface area contributed by atoms with Crippen molar-refractivity contribution in [1.29, 1.82) is 0 Å². The molecule has 94 valence electrons. The van der Waals surface area contributed by atoms with Gasteiger partial charge < -0.3 is 4.90 Å². The lowest BCUT2D eigenvalue weighted by molar-refractivity contribution is 0.847. The highest BCUT2D eigenvalue weighted by Gasteiger charge is 2.07. The predicted octanol–water partition coefficient (Wildman–Crippen LogP) is 2.78. The molecule has 0 radical (unpaired) electrons. The van der Waals surface area contributed by atoms with E-state index in [1.54, 1.807) is 6.07 Å². The first kappa shape index (κ1) is 12.8. The van der Waals surface area contributed by atoms with E-state index < -0.39 is 0 Å². The molecule has 0 N–H and O–H groups in total. The highest BCUT2D eigenvalue weighted by molar-refractivity contribution is 6.29. The van der Waals surface area contributed by atoms with Gasteiger partial charge in [0.1, 0.15) is 16.8 Å². The van der Waals surface area contributed by atoms with Crippen LogP contribution in [0.5, 0.6) is 0 Å². The zero-order valence-electron chi connectivity index (χ0n) is 10.7. The van der Waals surface area contributed by atoms with Crippen molar-refractivity contribution in [1.82, 2.24) is 15.0 Å². The first-order chi connectivity index (χ1) is 8.54. The monoisotopic (exact) mass is 262 g/mol. The van der Waals surface area contributed by atoms with Crippen LogP contribution in [0.2, 0.25) is 5.15 Å². The van der Waals surface area contributed by atoms with Crippen molar-refractivity contribution < 1.29 is 0 Å². The maximum atomic E-state index is 5.93. The van der Waals surface area contributed by atoms with Crippen LogP contribution in [-0.2, 0) is 6.54 Å². The molecule has 0 fully saturated rings. The van der Waals surface area contributed by atoms with Crippen molar-refractivity contribution in [3.8, 4) is 0 Å². The summed E-state index contributed by atoms with van der Waals surface area (Å²) >= 11 is 5.93. The third kappa shape index (κ3) is 3.17. The zero-order chi connectivity index (χ0) is 13.1. The molecule has 4 nitrogen and oxygen atoms in total. The SMILES string of the molecule is Cc1cccc(CN(C)c2cc(Cl)nc(C)n2)n1. The Morgan fingerprint density at radius 1 is 1.17 bits per heavy atom. The Balaban J connectivity index is 2.19. The van der Waals surface area contributed by atoms with Crippen LogP contribution in [0, 0.1) is 13.8 Å². The fourth-order valence-corrected chi connectivity index (χ4v) is 1.94. The average molecular weight is 263 g/mol. The molecular weight excluding hydrogens is 248 g/mol. The zero-order valence-corrected chi connectivity index (χ0v) is 11.4. The van der Waals surface area contributed by atoms with Crippen molar-refractivity contribution in [3.63, 3.8) is 0 Å². The standard InChI is InChI=1S/C13H15ClN4/c1-9-5-4-6-11(15-9)8-18(3)13-7-12(14)16-10(2)17-13/h4-7H,8H2,1-3H3. The van der Waals surface area contributed by atoms with E-state index in [-0.39, 0.29) is 0 Å². The Bertz CT molecular complexity index is 536. The van der Waals surface area contributed by atoms with Crippen LogP contribution in [0.25, 0.3) is 0 Å². The van der Waals surface area contributed by atoms with Gasteiger partial charge in [0.25, 0.3) is 0 Å². The summed E-state index contributed by atoms with van der Waals surface area (Å²) in [5.74, 6) is 1.47. The minimum Gasteiger partial charge on any atom is -0.354 e. The molecule has 0 spiro atoms. The Morgan fingerprint density at radius 2 is 1.94 bits per heavy atom. The van der Waals surface area contributed by atoms with Gasteiger partial charge in [-0.2, -0.15) is 0 Å². The molecule has 18 heavy (non-hydrogen) atoms. The Morgan fingerprint density at radius 3 is 2.61 bits per heavy atom. The van der Waals surface area contributed by atoms with Gasteiger partial charge in [0, 0.05) is 18.8 Å². The molecule has 2 heterocycles. The highest BCUT2D eigenvalue weighted by Crippen LogP contribution is 2.16. The number of rotatable bonds is 3. The van der Waals surface area contributed by atoms with Crippen molar-refractivity contribution >= 4 is 17.4 Å². The molecule has 0 saturated carbocycles. The number of aryl methyl sites for hydroxylation is 2. The molecule has 2 aromatic rings. The molecule has 0 saturated heterocycles. The molecule has 0 unspecified atom stereocenters. The maximum absolute atomic E-state index is 5.93. The summed E-state index contributed by atoms with van der Waals surface area (Å²) < 4.78 is 0. The minimum absolute atomic E-state index is 0.460. The van der Waals surface area contributed by atoms with Gasteiger partial charge in [-0.3, -0.25) is 4.98 Å². The topological polar surface area (TPSA) is 41.9 Å². The quantitative estimate of drug-likeness (QED) is 0.798. The van der Waals surface area contributed by atoms with Crippen LogP contribution < -0.4 is 4.90 Å². The van der Waals surface area contributed by atoms with Crippen molar-refractivity contribution in [3.05, 3.63) is 46.6 Å². The van der Waals surface area contributed by atoms with E-state index in [1.807, 2.05) is 44.0 Å². The third-order valence-electron chi connectivity index (χ3n) is 2.53. The summed E-state index contributed by atoms with van der Waals surface area (Å²) in [6, 6.07) is 7.74. The first-order valence-electron chi connectivity index (χ1n) is 5.69. The summed E-state index contributed by atoms with van der Waals surface area (Å²) in [6.07, 6.45) is 0. The number of hydrogen-bond acceptors (Lipinski definition) is 4. The summed E-state index contributed by atoms with van der Waals surface area (Å²) in [7, 11) is 1.96. The normalized spacial score (nSPS) is 10.4. The van der Waals surface area contributed by atoms with Crippen LogP contribution in [0.1, 0.15) is 17.2 Å². The van der Waals surface area contributed by atoms with Crippen LogP contribution in [0.4, 0.5) is 5.82 Å². The summed E-state index contributed by atoms with van der Waals surface area (Å²) in [6.45, 7) is 4.50. The second kappa shape index (κ2) is 5.31. The van der Waals surface area contributed by atoms with E-state index in [4.69, 9.17) is 11.6 Å². The average Bonchev–Trinajstić information content (AvgIpc) is 2.27. The largest absolute Gasteiger partial charge is 0.354 e. The smallest absolute Gasteiger partial charge is 0.134 e. The molecule has 0 aromatic carbocycles. The van der Waals surface area contributed by atoms with Gasteiger partial charge in [-0.05, 0) is 26.0 Å². The van der Waals surface area contributed by atoms with E-state index in [0.717, 1.165) is 17.2 Å². The fraction of sp³-hybridized carbons (Fsp3) is 0.308. The number of halogens is 1. The molecule has 2 aromatic heterocycles.